The van der Waals surface area contributed by atoms with Crippen LogP contribution in [-0.2, 0) is 19.2 Å². The Morgan fingerprint density at radius 2 is 0.926 bits per heavy atom. The van der Waals surface area contributed by atoms with Gasteiger partial charge in [-0.3, -0.25) is 0 Å². The molecule has 11 nitrogen and oxygen atoms in total. The van der Waals surface area contributed by atoms with Crippen LogP contribution in [0, 0.1) is 0 Å². The lowest BCUT2D eigenvalue weighted by atomic mass is 10.4. The van der Waals surface area contributed by atoms with Crippen LogP contribution in [0.15, 0.2) is 50.1 Å². The molecule has 0 aliphatic heterocycles. The summed E-state index contributed by atoms with van der Waals surface area (Å²) in [5.41, 5.74) is 0.176. The van der Waals surface area contributed by atoms with Crippen molar-refractivity contribution in [1.82, 2.24) is 0 Å². The van der Waals surface area contributed by atoms with Crippen LogP contribution in [0.25, 0.3) is 0 Å². The van der Waals surface area contributed by atoms with E-state index in [0.717, 1.165) is 18.2 Å². The number of aliphatic hydroxyl groups excluding tert-OH is 3. The molecule has 27 heavy (non-hydrogen) atoms. The number of rotatable bonds is 6. The molecule has 0 radical (unpaired) electrons. The maximum Gasteiger partial charge on any atom is 0.330 e. The molecule has 0 aromatic carbocycles. The molecule has 0 aliphatic rings. The second-order valence-electron chi connectivity index (χ2n) is 3.73. The Hall–Kier alpha value is -3.28. The predicted molar refractivity (Wildman–Crippen MR) is 96.1 cm³/mol. The van der Waals surface area contributed by atoms with Gasteiger partial charge in [-0.1, -0.05) is 26.3 Å². The van der Waals surface area contributed by atoms with Crippen LogP contribution in [0.1, 0.15) is 6.92 Å². The quantitative estimate of drug-likeness (QED) is 0.292. The van der Waals surface area contributed by atoms with Gasteiger partial charge in [-0.25, -0.2) is 19.2 Å². The Bertz CT molecular complexity index is 422. The largest absolute Gasteiger partial charge is 0.478 e. The molecule has 0 bridgehead atoms. The minimum Gasteiger partial charge on any atom is -0.478 e. The molecule has 0 atom stereocenters. The number of carboxylic acid groups (broad SMARTS) is 4. The minimum atomic E-state index is -0.981. The summed E-state index contributed by atoms with van der Waals surface area (Å²) in [4.78, 5) is 37.3. The zero-order valence-electron chi connectivity index (χ0n) is 14.8. The van der Waals surface area contributed by atoms with Gasteiger partial charge in [-0.15, -0.1) is 0 Å². The zero-order chi connectivity index (χ0) is 23.0. The van der Waals surface area contributed by atoms with E-state index in [0.29, 0.717) is 0 Å². The molecule has 0 saturated heterocycles. The van der Waals surface area contributed by atoms with Gasteiger partial charge in [0.05, 0.1) is 13.2 Å². The van der Waals surface area contributed by atoms with Crippen molar-refractivity contribution >= 4 is 23.9 Å². The molecule has 0 unspecified atom stereocenters. The Kier molecular flexibility index (Phi) is 35.7. The number of carbonyl (C=O) groups is 4. The van der Waals surface area contributed by atoms with E-state index < -0.39 is 30.0 Å². The lowest BCUT2D eigenvalue weighted by Crippen LogP contribution is -2.15. The first kappa shape index (κ1) is 34.9. The van der Waals surface area contributed by atoms with Gasteiger partial charge in [-0.05, 0) is 6.92 Å². The SMILES string of the molecule is C=C(C)C(=O)O.C=CC(=O)O.C=CC(=O)O.C=CC(=O)O.OCC(O)CO. The monoisotopic (exact) mass is 394 g/mol. The first-order chi connectivity index (χ1) is 12.3. The molecule has 0 aromatic heterocycles. The maximum absolute atomic E-state index is 9.60. The summed E-state index contributed by atoms with van der Waals surface area (Å²) in [7, 11) is 0. The summed E-state index contributed by atoms with van der Waals surface area (Å²) in [5.74, 6) is -3.88. The van der Waals surface area contributed by atoms with Gasteiger partial charge in [0.15, 0.2) is 0 Å². The fraction of sp³-hybridized carbons (Fsp3) is 0.250. The maximum atomic E-state index is 9.60. The average Bonchev–Trinajstić information content (AvgIpc) is 2.62. The molecule has 0 spiro atoms. The van der Waals surface area contributed by atoms with Crippen molar-refractivity contribution in [2.45, 2.75) is 13.0 Å². The molecule has 0 saturated carbocycles. The molecule has 156 valence electrons. The third-order valence-electron chi connectivity index (χ3n) is 1.31. The lowest BCUT2D eigenvalue weighted by molar-refractivity contribution is -0.133. The topological polar surface area (TPSA) is 210 Å². The summed E-state index contributed by atoms with van der Waals surface area (Å²) < 4.78 is 0. The molecule has 0 heterocycles. The molecule has 0 amide bonds. The van der Waals surface area contributed by atoms with E-state index in [1.165, 1.54) is 6.92 Å². The van der Waals surface area contributed by atoms with E-state index in [9.17, 15) is 19.2 Å². The van der Waals surface area contributed by atoms with Gasteiger partial charge in [-0.2, -0.15) is 0 Å². The second kappa shape index (κ2) is 27.6. The van der Waals surface area contributed by atoms with Crippen LogP contribution in [0.5, 0.6) is 0 Å². The molecule has 7 N–H and O–H groups in total. The lowest BCUT2D eigenvalue weighted by Gasteiger charge is -1.96. The average molecular weight is 394 g/mol. The van der Waals surface area contributed by atoms with Crippen LogP contribution >= 0.6 is 0 Å². The highest BCUT2D eigenvalue weighted by molar-refractivity contribution is 5.84. The first-order valence-electron chi connectivity index (χ1n) is 6.61. The van der Waals surface area contributed by atoms with Crippen molar-refractivity contribution in [3.05, 3.63) is 50.1 Å². The number of aliphatic carboxylic acids is 4. The van der Waals surface area contributed by atoms with E-state index in [-0.39, 0.29) is 18.8 Å². The molecular formula is C16H26O11. The number of hydrogen-bond donors (Lipinski definition) is 7. The van der Waals surface area contributed by atoms with E-state index in [2.05, 4.69) is 26.3 Å². The van der Waals surface area contributed by atoms with Crippen molar-refractivity contribution in [3.63, 3.8) is 0 Å². The highest BCUT2D eigenvalue weighted by atomic mass is 16.4. The highest BCUT2D eigenvalue weighted by Crippen LogP contribution is 1.81. The minimum absolute atomic E-state index is 0.176. The predicted octanol–water partition coefficient (Wildman–Crippen LogP) is -0.250. The van der Waals surface area contributed by atoms with Gasteiger partial charge in [0, 0.05) is 23.8 Å². The third-order valence-corrected chi connectivity index (χ3v) is 1.31. The van der Waals surface area contributed by atoms with Crippen molar-refractivity contribution < 1.29 is 54.9 Å². The van der Waals surface area contributed by atoms with Crippen molar-refractivity contribution in [1.29, 1.82) is 0 Å². The Morgan fingerprint density at radius 3 is 0.926 bits per heavy atom. The van der Waals surface area contributed by atoms with Gasteiger partial charge in [0.25, 0.3) is 0 Å². The summed E-state index contributed by atoms with van der Waals surface area (Å²) >= 11 is 0. The van der Waals surface area contributed by atoms with Crippen molar-refractivity contribution in [2.24, 2.45) is 0 Å². The number of aliphatic hydroxyl groups is 3. The van der Waals surface area contributed by atoms with E-state index in [1.54, 1.807) is 0 Å². The summed E-state index contributed by atoms with van der Waals surface area (Å²) in [5, 5.41) is 54.7. The molecule has 0 aromatic rings. The van der Waals surface area contributed by atoms with Crippen LogP contribution in [0.4, 0.5) is 0 Å². The molecule has 0 fully saturated rings. The zero-order valence-corrected chi connectivity index (χ0v) is 14.8. The number of carboxylic acids is 4. The Balaban J connectivity index is -0.0000000749. The first-order valence-corrected chi connectivity index (χ1v) is 6.61. The smallest absolute Gasteiger partial charge is 0.330 e. The fourth-order valence-corrected chi connectivity index (χ4v) is 0.0577. The van der Waals surface area contributed by atoms with Gasteiger partial charge in [0.2, 0.25) is 0 Å². The fourth-order valence-electron chi connectivity index (χ4n) is 0.0577. The van der Waals surface area contributed by atoms with Gasteiger partial charge < -0.3 is 35.7 Å². The number of hydrogen-bond acceptors (Lipinski definition) is 7. The molecule has 0 rings (SSSR count). The van der Waals surface area contributed by atoms with Crippen molar-refractivity contribution in [2.75, 3.05) is 13.2 Å². The summed E-state index contributed by atoms with van der Waals surface area (Å²) in [6.07, 6.45) is 1.55. The standard InChI is InChI=1S/C4H6O2.C3H8O3.3C3H4O2/c1-3(2)4(5)6;4-1-3(6)2-5;3*1-2-3(4)5/h1H2,2H3,(H,5,6);3-6H,1-2H2;3*2H,1H2,(H,4,5). The van der Waals surface area contributed by atoms with E-state index in [1.807, 2.05) is 0 Å². The Labute approximate surface area is 156 Å². The highest BCUT2D eigenvalue weighted by Gasteiger charge is 1.93. The normalized spacial score (nSPS) is 7.44. The summed E-state index contributed by atoms with van der Waals surface area (Å²) in [6.45, 7) is 12.8. The van der Waals surface area contributed by atoms with Crippen LogP contribution in [-0.4, -0.2) is 78.9 Å². The third kappa shape index (κ3) is 84.9. The molecule has 11 heteroatoms. The molecule has 0 aliphatic carbocycles. The van der Waals surface area contributed by atoms with Crippen LogP contribution in [0.2, 0.25) is 0 Å². The molecular weight excluding hydrogens is 368 g/mol. The second-order valence-corrected chi connectivity index (χ2v) is 3.73. The van der Waals surface area contributed by atoms with E-state index >= 15 is 0 Å². The van der Waals surface area contributed by atoms with Gasteiger partial charge in [0.1, 0.15) is 6.10 Å². The van der Waals surface area contributed by atoms with Crippen LogP contribution in [0.3, 0.4) is 0 Å². The summed E-state index contributed by atoms with van der Waals surface area (Å²) in [6, 6.07) is 0. The Morgan fingerprint density at radius 1 is 0.778 bits per heavy atom. The van der Waals surface area contributed by atoms with Crippen LogP contribution < -0.4 is 0 Å². The van der Waals surface area contributed by atoms with Gasteiger partial charge >= 0.3 is 23.9 Å². The van der Waals surface area contributed by atoms with E-state index in [4.69, 9.17) is 35.7 Å². The van der Waals surface area contributed by atoms with Crippen molar-refractivity contribution in [3.8, 4) is 0 Å².